The number of alkyl carbamates (subject to hydrolysis) is 1. The molecule has 4 atom stereocenters. The molecule has 0 heterocycles. The van der Waals surface area contributed by atoms with Crippen LogP contribution in [0.3, 0.4) is 0 Å². The number of rotatable bonds is 2. The Morgan fingerprint density at radius 2 is 1.79 bits per heavy atom. The zero-order valence-corrected chi connectivity index (χ0v) is 11.5. The Labute approximate surface area is 111 Å². The Morgan fingerprint density at radius 1 is 1.21 bits per heavy atom. The summed E-state index contributed by atoms with van der Waals surface area (Å²) in [5.74, 6) is -1.46. The second kappa shape index (κ2) is 5.75. The minimum absolute atomic E-state index is 0.105. The Balaban J connectivity index is 2.61. The molecule has 0 aromatic rings. The van der Waals surface area contributed by atoms with Crippen LogP contribution >= 0.6 is 0 Å². The van der Waals surface area contributed by atoms with Gasteiger partial charge in [-0.15, -0.1) is 0 Å². The van der Waals surface area contributed by atoms with E-state index in [4.69, 9.17) is 4.74 Å². The van der Waals surface area contributed by atoms with E-state index in [0.29, 0.717) is 0 Å². The summed E-state index contributed by atoms with van der Waals surface area (Å²) in [6.45, 7) is 5.14. The van der Waals surface area contributed by atoms with Gasteiger partial charge in [0.25, 0.3) is 0 Å². The first-order valence-electron chi connectivity index (χ1n) is 6.09. The molecule has 1 fully saturated rings. The first-order valence-corrected chi connectivity index (χ1v) is 6.09. The van der Waals surface area contributed by atoms with Crippen LogP contribution < -0.4 is 5.32 Å². The Bertz CT molecular complexity index is 351. The lowest BCUT2D eigenvalue weighted by Crippen LogP contribution is -2.45. The number of aliphatic hydroxyl groups is 2. The highest BCUT2D eigenvalue weighted by atomic mass is 16.6. The molecule has 1 rings (SSSR count). The number of ether oxygens (including phenoxy) is 2. The average molecular weight is 275 g/mol. The smallest absolute Gasteiger partial charge is 0.407 e. The third kappa shape index (κ3) is 4.07. The molecular formula is C12H21NO6. The van der Waals surface area contributed by atoms with E-state index in [9.17, 15) is 19.8 Å². The number of nitrogens with one attached hydrogen (secondary N) is 1. The fourth-order valence-electron chi connectivity index (χ4n) is 2.02. The molecule has 0 aromatic heterocycles. The molecule has 0 aromatic carbocycles. The van der Waals surface area contributed by atoms with Crippen molar-refractivity contribution in [2.24, 2.45) is 5.92 Å². The van der Waals surface area contributed by atoms with Crippen LogP contribution in [0, 0.1) is 5.92 Å². The molecule has 0 aliphatic heterocycles. The van der Waals surface area contributed by atoms with Crippen molar-refractivity contribution in [3.05, 3.63) is 0 Å². The van der Waals surface area contributed by atoms with E-state index < -0.39 is 41.8 Å². The lowest BCUT2D eigenvalue weighted by molar-refractivity contribution is -0.149. The van der Waals surface area contributed by atoms with E-state index in [2.05, 4.69) is 10.1 Å². The number of amides is 1. The van der Waals surface area contributed by atoms with Crippen LogP contribution in [0.4, 0.5) is 4.79 Å². The molecule has 0 bridgehead atoms. The number of hydrogen-bond donors (Lipinski definition) is 3. The van der Waals surface area contributed by atoms with Crippen LogP contribution in [-0.4, -0.2) is 53.2 Å². The van der Waals surface area contributed by atoms with Crippen molar-refractivity contribution in [2.75, 3.05) is 7.11 Å². The molecule has 0 saturated heterocycles. The standard InChI is InChI=1S/C12H21NO6/c1-12(2,3)19-11(17)13-7-5-6(10(16)18-4)8(14)9(7)15/h6-9,14-15H,5H2,1-4H3,(H,13,17)/t6-,7+,8+,9-/m1/s1. The van der Waals surface area contributed by atoms with Gasteiger partial charge < -0.3 is 25.0 Å². The Morgan fingerprint density at radius 3 is 2.26 bits per heavy atom. The van der Waals surface area contributed by atoms with Crippen LogP contribution in [0.1, 0.15) is 27.2 Å². The predicted molar refractivity (Wildman–Crippen MR) is 65.3 cm³/mol. The van der Waals surface area contributed by atoms with Gasteiger partial charge in [-0.05, 0) is 27.2 Å². The van der Waals surface area contributed by atoms with Gasteiger partial charge in [0.2, 0.25) is 0 Å². The summed E-state index contributed by atoms with van der Waals surface area (Å²) in [5, 5.41) is 22.0. The van der Waals surface area contributed by atoms with E-state index in [1.165, 1.54) is 7.11 Å². The maximum absolute atomic E-state index is 11.6. The van der Waals surface area contributed by atoms with E-state index in [-0.39, 0.29) is 6.42 Å². The van der Waals surface area contributed by atoms with Crippen molar-refractivity contribution in [2.45, 2.75) is 51.0 Å². The fraction of sp³-hybridized carbons (Fsp3) is 0.833. The van der Waals surface area contributed by atoms with Crippen molar-refractivity contribution in [3.63, 3.8) is 0 Å². The molecule has 1 saturated carbocycles. The molecule has 0 unspecified atom stereocenters. The highest BCUT2D eigenvalue weighted by Crippen LogP contribution is 2.28. The number of hydrogen-bond acceptors (Lipinski definition) is 6. The summed E-state index contributed by atoms with van der Waals surface area (Å²) in [4.78, 5) is 23.0. The van der Waals surface area contributed by atoms with Gasteiger partial charge >= 0.3 is 12.1 Å². The number of methoxy groups -OCH3 is 1. The Hall–Kier alpha value is -1.34. The minimum Gasteiger partial charge on any atom is -0.469 e. The van der Waals surface area contributed by atoms with E-state index in [0.717, 1.165) is 0 Å². The second-order valence-electron chi connectivity index (χ2n) is 5.60. The zero-order chi connectivity index (χ0) is 14.8. The quantitative estimate of drug-likeness (QED) is 0.602. The number of esters is 1. The third-order valence-corrected chi connectivity index (χ3v) is 2.89. The van der Waals surface area contributed by atoms with E-state index in [1.807, 2.05) is 0 Å². The largest absolute Gasteiger partial charge is 0.469 e. The zero-order valence-electron chi connectivity index (χ0n) is 11.5. The molecule has 1 amide bonds. The summed E-state index contributed by atoms with van der Waals surface area (Å²) >= 11 is 0. The van der Waals surface area contributed by atoms with Crippen LogP contribution in [0.15, 0.2) is 0 Å². The number of carbonyl (C=O) groups excluding carboxylic acids is 2. The molecule has 19 heavy (non-hydrogen) atoms. The SMILES string of the molecule is COC(=O)[C@@H]1C[C@H](NC(=O)OC(C)(C)C)[C@@H](O)[C@H]1O. The molecule has 0 spiro atoms. The van der Waals surface area contributed by atoms with Gasteiger partial charge in [-0.1, -0.05) is 0 Å². The molecule has 1 aliphatic rings. The van der Waals surface area contributed by atoms with Crippen molar-refractivity contribution < 1.29 is 29.3 Å². The maximum atomic E-state index is 11.6. The summed E-state index contributed by atoms with van der Waals surface area (Å²) in [6, 6.07) is -0.742. The summed E-state index contributed by atoms with van der Waals surface area (Å²) in [6.07, 6.45) is -3.08. The topological polar surface area (TPSA) is 105 Å². The molecule has 0 radical (unpaired) electrons. The highest BCUT2D eigenvalue weighted by molar-refractivity contribution is 5.74. The van der Waals surface area contributed by atoms with Crippen molar-refractivity contribution in [1.82, 2.24) is 5.32 Å². The van der Waals surface area contributed by atoms with Gasteiger partial charge in [-0.2, -0.15) is 0 Å². The van der Waals surface area contributed by atoms with Gasteiger partial charge in [0, 0.05) is 0 Å². The molecule has 110 valence electrons. The molecule has 7 nitrogen and oxygen atoms in total. The van der Waals surface area contributed by atoms with Crippen LogP contribution in [0.5, 0.6) is 0 Å². The van der Waals surface area contributed by atoms with E-state index >= 15 is 0 Å². The number of carbonyl (C=O) groups is 2. The first-order chi connectivity index (χ1) is 8.65. The summed E-state index contributed by atoms with van der Waals surface area (Å²) < 4.78 is 9.58. The Kier molecular flexibility index (Phi) is 4.75. The van der Waals surface area contributed by atoms with Crippen LogP contribution in [0.2, 0.25) is 0 Å². The predicted octanol–water partition coefficient (Wildman–Crippen LogP) is -0.206. The number of aliphatic hydroxyl groups excluding tert-OH is 2. The van der Waals surface area contributed by atoms with Gasteiger partial charge in [-0.3, -0.25) is 4.79 Å². The summed E-state index contributed by atoms with van der Waals surface area (Å²) in [5.41, 5.74) is -0.659. The minimum atomic E-state index is -1.26. The maximum Gasteiger partial charge on any atom is 0.407 e. The molecule has 1 aliphatic carbocycles. The lowest BCUT2D eigenvalue weighted by atomic mass is 10.1. The van der Waals surface area contributed by atoms with Gasteiger partial charge in [0.1, 0.15) is 11.7 Å². The first kappa shape index (κ1) is 15.7. The normalized spacial score (nSPS) is 30.8. The average Bonchev–Trinajstić information content (AvgIpc) is 2.54. The van der Waals surface area contributed by atoms with Gasteiger partial charge in [-0.25, -0.2) is 4.79 Å². The van der Waals surface area contributed by atoms with Crippen molar-refractivity contribution in [1.29, 1.82) is 0 Å². The lowest BCUT2D eigenvalue weighted by Gasteiger charge is -2.23. The van der Waals surface area contributed by atoms with Crippen LogP contribution in [-0.2, 0) is 14.3 Å². The molecule has 7 heteroatoms. The second-order valence-corrected chi connectivity index (χ2v) is 5.60. The van der Waals surface area contributed by atoms with Crippen LogP contribution in [0.25, 0.3) is 0 Å². The summed E-state index contributed by atoms with van der Waals surface area (Å²) in [7, 11) is 1.20. The molecular weight excluding hydrogens is 254 g/mol. The molecule has 3 N–H and O–H groups in total. The van der Waals surface area contributed by atoms with Gasteiger partial charge in [0.15, 0.2) is 0 Å². The van der Waals surface area contributed by atoms with E-state index in [1.54, 1.807) is 20.8 Å². The van der Waals surface area contributed by atoms with Gasteiger partial charge in [0.05, 0.1) is 25.2 Å². The highest BCUT2D eigenvalue weighted by Gasteiger charge is 2.46. The van der Waals surface area contributed by atoms with Crippen molar-refractivity contribution in [3.8, 4) is 0 Å². The monoisotopic (exact) mass is 275 g/mol. The third-order valence-electron chi connectivity index (χ3n) is 2.89. The van der Waals surface area contributed by atoms with Crippen molar-refractivity contribution >= 4 is 12.1 Å². The fourth-order valence-corrected chi connectivity index (χ4v) is 2.02.